The van der Waals surface area contributed by atoms with Gasteiger partial charge in [-0.3, -0.25) is 0 Å². The van der Waals surface area contributed by atoms with Crippen molar-refractivity contribution in [3.8, 4) is 5.75 Å². The number of rotatable bonds is 16. The Labute approximate surface area is 287 Å². The lowest BCUT2D eigenvalue weighted by molar-refractivity contribution is -0.00451. The molecular formula is C36H47BrN2O7S. The zero-order valence-corrected chi connectivity index (χ0v) is 29.9. The van der Waals surface area contributed by atoms with Gasteiger partial charge in [-0.15, -0.1) is 0 Å². The predicted octanol–water partition coefficient (Wildman–Crippen LogP) is 5.79. The lowest BCUT2D eigenvalue weighted by Gasteiger charge is -2.39. The van der Waals surface area contributed by atoms with E-state index in [0.29, 0.717) is 51.7 Å². The largest absolute Gasteiger partial charge is 0.490 e. The van der Waals surface area contributed by atoms with E-state index in [1.54, 1.807) is 26.4 Å². The van der Waals surface area contributed by atoms with Crippen molar-refractivity contribution in [3.05, 3.63) is 89.0 Å². The minimum Gasteiger partial charge on any atom is -0.490 e. The minimum atomic E-state index is -3.95. The summed E-state index contributed by atoms with van der Waals surface area (Å²) in [7, 11) is -0.590. The fraction of sp³-hybridized carbons (Fsp3) is 0.500. The molecule has 9 nitrogen and oxygen atoms in total. The second kappa shape index (κ2) is 17.2. The van der Waals surface area contributed by atoms with Crippen LogP contribution in [0.2, 0.25) is 0 Å². The molecule has 0 amide bonds. The summed E-state index contributed by atoms with van der Waals surface area (Å²) in [5.74, 6) is 0.719. The normalized spacial score (nSPS) is 20.4. The third-order valence-corrected chi connectivity index (χ3v) is 11.5. The Kier molecular flexibility index (Phi) is 13.1. The highest BCUT2D eigenvalue weighted by Crippen LogP contribution is 2.41. The van der Waals surface area contributed by atoms with Gasteiger partial charge in [-0.25, -0.2) is 8.42 Å². The van der Waals surface area contributed by atoms with Gasteiger partial charge in [-0.05, 0) is 60.7 Å². The van der Waals surface area contributed by atoms with Crippen LogP contribution in [-0.2, 0) is 35.4 Å². The van der Waals surface area contributed by atoms with Crippen molar-refractivity contribution in [2.75, 3.05) is 70.5 Å². The molecule has 0 bridgehead atoms. The van der Waals surface area contributed by atoms with Gasteiger partial charge in [0.05, 0.1) is 43.1 Å². The van der Waals surface area contributed by atoms with Gasteiger partial charge < -0.3 is 33.9 Å². The number of nitrogens with zero attached hydrogens (tertiary/aromatic N) is 1. The summed E-state index contributed by atoms with van der Waals surface area (Å²) in [6.07, 6.45) is 1.25. The Bertz CT molecular complexity index is 1520. The maximum atomic E-state index is 14.5. The van der Waals surface area contributed by atoms with Crippen molar-refractivity contribution in [2.45, 2.75) is 54.8 Å². The second-order valence-electron chi connectivity index (χ2n) is 12.2. The Balaban J connectivity index is 1.48. The Morgan fingerprint density at radius 2 is 1.77 bits per heavy atom. The van der Waals surface area contributed by atoms with Gasteiger partial charge >= 0.3 is 0 Å². The molecule has 47 heavy (non-hydrogen) atoms. The van der Waals surface area contributed by atoms with Gasteiger partial charge in [-0.2, -0.15) is 0 Å². The summed E-state index contributed by atoms with van der Waals surface area (Å²) in [6.45, 7) is 6.76. The van der Waals surface area contributed by atoms with Gasteiger partial charge in [0.25, 0.3) is 0 Å². The van der Waals surface area contributed by atoms with Crippen LogP contribution >= 0.6 is 15.9 Å². The lowest BCUT2D eigenvalue weighted by atomic mass is 9.84. The minimum absolute atomic E-state index is 0.0236. The van der Waals surface area contributed by atoms with Crippen LogP contribution in [0.15, 0.2) is 71.6 Å². The number of hydrogen-bond donors (Lipinski definition) is 1. The van der Waals surface area contributed by atoms with Crippen molar-refractivity contribution in [2.24, 2.45) is 0 Å². The lowest BCUT2D eigenvalue weighted by Crippen LogP contribution is -2.48. The number of hydrogen-bond acceptors (Lipinski definition) is 9. The first-order chi connectivity index (χ1) is 22.8. The van der Waals surface area contributed by atoms with Crippen LogP contribution in [0.3, 0.4) is 0 Å². The molecule has 5 rings (SSSR count). The highest BCUT2D eigenvalue weighted by atomic mass is 79.9. The number of ether oxygens (including phenoxy) is 5. The fourth-order valence-corrected chi connectivity index (χ4v) is 8.23. The van der Waals surface area contributed by atoms with Crippen LogP contribution in [0.5, 0.6) is 5.75 Å². The van der Waals surface area contributed by atoms with Gasteiger partial charge in [0, 0.05) is 51.2 Å². The van der Waals surface area contributed by atoms with Gasteiger partial charge in [0.2, 0.25) is 9.84 Å². The van der Waals surface area contributed by atoms with Crippen LogP contribution in [-0.4, -0.2) is 86.2 Å². The fourth-order valence-electron chi connectivity index (χ4n) is 6.18. The zero-order chi connectivity index (χ0) is 33.2. The Morgan fingerprint density at radius 3 is 2.49 bits per heavy atom. The number of piperidine rings is 1. The molecule has 0 aliphatic carbocycles. The highest BCUT2D eigenvalue weighted by molar-refractivity contribution is 9.09. The molecule has 3 aromatic rings. The topological polar surface area (TPSA) is 95.6 Å². The van der Waals surface area contributed by atoms with E-state index in [1.165, 1.54) is 0 Å². The molecule has 4 atom stereocenters. The highest BCUT2D eigenvalue weighted by Gasteiger charge is 2.39. The number of fused-ring (bicyclic) bond motifs is 1. The maximum absolute atomic E-state index is 14.5. The Morgan fingerprint density at radius 1 is 1.00 bits per heavy atom. The summed E-state index contributed by atoms with van der Waals surface area (Å²) < 4.78 is 57.9. The van der Waals surface area contributed by atoms with E-state index >= 15 is 0 Å². The van der Waals surface area contributed by atoms with E-state index in [9.17, 15) is 8.42 Å². The molecule has 1 unspecified atom stereocenters. The Hall–Kier alpha value is -2.51. The predicted molar refractivity (Wildman–Crippen MR) is 188 cm³/mol. The molecule has 2 aliphatic rings. The third-order valence-electron chi connectivity index (χ3n) is 8.81. The summed E-state index contributed by atoms with van der Waals surface area (Å²) in [6, 6.07) is 21.2. The first kappa shape index (κ1) is 35.8. The molecule has 3 aromatic carbocycles. The number of anilines is 1. The molecule has 2 aliphatic heterocycles. The molecule has 256 valence electrons. The van der Waals surface area contributed by atoms with Crippen LogP contribution in [0.4, 0.5) is 5.69 Å². The third kappa shape index (κ3) is 9.14. The first-order valence-corrected chi connectivity index (χ1v) is 18.9. The zero-order valence-electron chi connectivity index (χ0n) is 27.5. The molecule has 1 N–H and O–H groups in total. The van der Waals surface area contributed by atoms with Crippen molar-refractivity contribution in [3.63, 3.8) is 0 Å². The van der Waals surface area contributed by atoms with Gasteiger partial charge in [0.1, 0.15) is 12.4 Å². The van der Waals surface area contributed by atoms with E-state index in [4.69, 9.17) is 23.7 Å². The van der Waals surface area contributed by atoms with Crippen molar-refractivity contribution < 1.29 is 32.1 Å². The number of alkyl halides is 1. The number of benzene rings is 3. The van der Waals surface area contributed by atoms with Crippen LogP contribution in [0.1, 0.15) is 46.4 Å². The summed E-state index contributed by atoms with van der Waals surface area (Å²) in [5.41, 5.74) is 3.40. The van der Waals surface area contributed by atoms with E-state index in [-0.39, 0.29) is 16.9 Å². The van der Waals surface area contributed by atoms with Crippen molar-refractivity contribution in [1.82, 2.24) is 5.32 Å². The molecule has 11 heteroatoms. The van der Waals surface area contributed by atoms with Crippen LogP contribution < -0.4 is 15.0 Å². The molecule has 1 saturated heterocycles. The molecular weight excluding hydrogens is 684 g/mol. The monoisotopic (exact) mass is 730 g/mol. The van der Waals surface area contributed by atoms with Gasteiger partial charge in [-0.1, -0.05) is 64.0 Å². The van der Waals surface area contributed by atoms with Crippen molar-refractivity contribution in [1.29, 1.82) is 0 Å². The first-order valence-electron chi connectivity index (χ1n) is 16.3. The average Bonchev–Trinajstić information content (AvgIpc) is 3.09. The number of methoxy groups -OCH3 is 2. The molecule has 0 aromatic heterocycles. The summed E-state index contributed by atoms with van der Waals surface area (Å²) >= 11 is 3.65. The molecule has 0 spiro atoms. The van der Waals surface area contributed by atoms with Crippen LogP contribution in [0, 0.1) is 6.92 Å². The maximum Gasteiger partial charge on any atom is 0.209 e. The van der Waals surface area contributed by atoms with Crippen molar-refractivity contribution >= 4 is 31.5 Å². The number of aryl methyl sites for hydroxylation is 1. The van der Waals surface area contributed by atoms with Gasteiger partial charge in [0.15, 0.2) is 5.44 Å². The van der Waals surface area contributed by atoms with Crippen LogP contribution in [0.25, 0.3) is 0 Å². The quantitative estimate of drug-likeness (QED) is 0.145. The summed E-state index contributed by atoms with van der Waals surface area (Å²) in [5, 5.41) is 4.36. The number of nitrogens with one attached hydrogen (secondary N) is 1. The van der Waals surface area contributed by atoms with E-state index in [2.05, 4.69) is 50.4 Å². The smallest absolute Gasteiger partial charge is 0.209 e. The SMILES string of the molecule is COCCCN1CCOc2ccc(C(O[C@H]3CN[C@H](CBr)C[C@@H]3c3ccc(COCCOC)cc3)S(=O)(=O)c3ccc(C)cc3)cc21. The number of sulfone groups is 1. The van der Waals surface area contributed by atoms with E-state index in [1.807, 2.05) is 37.3 Å². The number of halogens is 1. The molecule has 2 heterocycles. The van der Waals surface area contributed by atoms with E-state index in [0.717, 1.165) is 52.8 Å². The summed E-state index contributed by atoms with van der Waals surface area (Å²) in [4.78, 5) is 2.47. The molecule has 0 radical (unpaired) electrons. The average molecular weight is 732 g/mol. The second-order valence-corrected chi connectivity index (χ2v) is 14.8. The van der Waals surface area contributed by atoms with E-state index < -0.39 is 21.4 Å². The standard InChI is InChI=1S/C36H47BrN2O7S/c1-26-5-12-31(13-6-26)47(40,41)36(29-11-14-34-33(21-29)39(16-18-45-34)15-4-17-42-2)46-35-24-38-30(23-37)22-32(35)28-9-7-27(8-10-28)25-44-20-19-43-3/h5-14,21,30,32,35-36,38H,4,15-20,22-25H2,1-3H3/t30-,32+,35-,36?/m0/s1. The molecule has 1 fully saturated rings. The molecule has 0 saturated carbocycles.